The van der Waals surface area contributed by atoms with Crippen LogP contribution in [0.3, 0.4) is 0 Å². The van der Waals surface area contributed by atoms with E-state index in [4.69, 9.17) is 4.74 Å². The maximum Gasteiger partial charge on any atom is 0.316 e. The number of ether oxygens (including phenoxy) is 1. The summed E-state index contributed by atoms with van der Waals surface area (Å²) in [6.07, 6.45) is 15.4. The molecular formula is C17H21N3O. The smallest absolute Gasteiger partial charge is 0.316 e. The van der Waals surface area contributed by atoms with Crippen LogP contribution < -0.4 is 4.74 Å². The van der Waals surface area contributed by atoms with Gasteiger partial charge in [0.15, 0.2) is 0 Å². The zero-order valence-corrected chi connectivity index (χ0v) is 12.2. The molecule has 3 aliphatic heterocycles. The van der Waals surface area contributed by atoms with Gasteiger partial charge in [0, 0.05) is 24.5 Å². The van der Waals surface area contributed by atoms with E-state index in [1.54, 1.807) is 0 Å². The SMILES string of the molecule is C1=CC(c2cnc(O[C@H]3CN4CCC3CC4)nc2)=CCC1. The van der Waals surface area contributed by atoms with E-state index in [1.807, 2.05) is 12.4 Å². The first kappa shape index (κ1) is 13.0. The quantitative estimate of drug-likeness (QED) is 0.855. The molecule has 5 rings (SSSR count). The van der Waals surface area contributed by atoms with Crippen molar-refractivity contribution in [3.63, 3.8) is 0 Å². The van der Waals surface area contributed by atoms with Gasteiger partial charge in [0.2, 0.25) is 0 Å². The molecule has 1 aromatic rings. The number of hydrogen-bond acceptors (Lipinski definition) is 4. The van der Waals surface area contributed by atoms with Gasteiger partial charge in [0.05, 0.1) is 0 Å². The number of nitrogens with zero attached hydrogens (tertiary/aromatic N) is 3. The fourth-order valence-electron chi connectivity index (χ4n) is 3.53. The molecule has 0 radical (unpaired) electrons. The number of rotatable bonds is 3. The monoisotopic (exact) mass is 283 g/mol. The zero-order chi connectivity index (χ0) is 14.1. The van der Waals surface area contributed by atoms with Crippen molar-refractivity contribution in [2.75, 3.05) is 19.6 Å². The van der Waals surface area contributed by atoms with Crippen molar-refractivity contribution in [1.29, 1.82) is 0 Å². The van der Waals surface area contributed by atoms with E-state index in [1.165, 1.54) is 31.5 Å². The molecule has 0 amide bonds. The number of fused-ring (bicyclic) bond motifs is 3. The first-order valence-electron chi connectivity index (χ1n) is 7.96. The number of piperidine rings is 3. The minimum absolute atomic E-state index is 0.271. The molecule has 0 spiro atoms. The molecule has 0 saturated carbocycles. The molecule has 3 fully saturated rings. The summed E-state index contributed by atoms with van der Waals surface area (Å²) >= 11 is 0. The predicted molar refractivity (Wildman–Crippen MR) is 82.0 cm³/mol. The molecule has 1 atom stereocenters. The molecule has 1 aliphatic carbocycles. The fourth-order valence-corrected chi connectivity index (χ4v) is 3.53. The highest BCUT2D eigenvalue weighted by Gasteiger charge is 2.35. The average molecular weight is 283 g/mol. The van der Waals surface area contributed by atoms with Crippen molar-refractivity contribution < 1.29 is 4.74 Å². The van der Waals surface area contributed by atoms with Gasteiger partial charge in [-0.3, -0.25) is 4.90 Å². The van der Waals surface area contributed by atoms with E-state index >= 15 is 0 Å². The van der Waals surface area contributed by atoms with Crippen molar-refractivity contribution in [3.8, 4) is 6.01 Å². The molecule has 4 heteroatoms. The second-order valence-electron chi connectivity index (χ2n) is 6.19. The predicted octanol–water partition coefficient (Wildman–Crippen LogP) is 2.68. The van der Waals surface area contributed by atoms with E-state index in [2.05, 4.69) is 33.1 Å². The second kappa shape index (κ2) is 5.60. The largest absolute Gasteiger partial charge is 0.458 e. The van der Waals surface area contributed by atoms with Crippen molar-refractivity contribution in [2.24, 2.45) is 5.92 Å². The maximum atomic E-state index is 6.03. The van der Waals surface area contributed by atoms with Crippen LogP contribution >= 0.6 is 0 Å². The Hall–Kier alpha value is -1.68. The first-order valence-corrected chi connectivity index (χ1v) is 7.96. The molecule has 4 aliphatic rings. The Morgan fingerprint density at radius 1 is 1.10 bits per heavy atom. The Kier molecular flexibility index (Phi) is 3.47. The van der Waals surface area contributed by atoms with Gasteiger partial charge in [-0.1, -0.05) is 18.2 Å². The van der Waals surface area contributed by atoms with Gasteiger partial charge in [0.25, 0.3) is 0 Å². The normalized spacial score (nSPS) is 31.0. The maximum absolute atomic E-state index is 6.03. The van der Waals surface area contributed by atoms with Crippen LogP contribution in [-0.2, 0) is 0 Å². The molecule has 1 aromatic heterocycles. The van der Waals surface area contributed by atoms with E-state index in [9.17, 15) is 0 Å². The van der Waals surface area contributed by atoms with Crippen LogP contribution in [0, 0.1) is 5.92 Å². The third kappa shape index (κ3) is 2.72. The molecule has 4 heterocycles. The van der Waals surface area contributed by atoms with Crippen LogP contribution in [0.1, 0.15) is 31.2 Å². The molecule has 3 saturated heterocycles. The number of hydrogen-bond donors (Lipinski definition) is 0. The van der Waals surface area contributed by atoms with Crippen molar-refractivity contribution in [2.45, 2.75) is 31.8 Å². The summed E-state index contributed by atoms with van der Waals surface area (Å²) in [6, 6.07) is 0.526. The molecule has 0 N–H and O–H groups in total. The number of aromatic nitrogens is 2. The lowest BCUT2D eigenvalue weighted by Gasteiger charge is -2.43. The summed E-state index contributed by atoms with van der Waals surface area (Å²) in [6.45, 7) is 3.49. The van der Waals surface area contributed by atoms with E-state index < -0.39 is 0 Å². The van der Waals surface area contributed by atoms with Crippen molar-refractivity contribution >= 4 is 5.57 Å². The minimum Gasteiger partial charge on any atom is -0.458 e. The van der Waals surface area contributed by atoms with Crippen LogP contribution in [0.25, 0.3) is 5.57 Å². The van der Waals surface area contributed by atoms with Gasteiger partial charge < -0.3 is 4.74 Å². The Labute approximate surface area is 125 Å². The summed E-state index contributed by atoms with van der Waals surface area (Å²) in [5.74, 6) is 0.683. The lowest BCUT2D eigenvalue weighted by Crippen LogP contribution is -2.52. The Morgan fingerprint density at radius 2 is 1.90 bits per heavy atom. The minimum atomic E-state index is 0.271. The van der Waals surface area contributed by atoms with Gasteiger partial charge in [-0.2, -0.15) is 0 Å². The van der Waals surface area contributed by atoms with Gasteiger partial charge >= 0.3 is 6.01 Å². The summed E-state index contributed by atoms with van der Waals surface area (Å²) in [7, 11) is 0. The third-order valence-electron chi connectivity index (χ3n) is 4.81. The Balaban J connectivity index is 1.44. The standard InChI is InChI=1S/C17H21N3O/c1-2-4-13(5-3-1)15-10-18-17(19-11-15)21-16-12-20-8-6-14(16)7-9-20/h2,4-5,10-11,14,16H,1,3,6-9,12H2/t16-/m0/s1. The van der Waals surface area contributed by atoms with Crippen molar-refractivity contribution in [3.05, 3.63) is 36.2 Å². The van der Waals surface area contributed by atoms with E-state index in [0.29, 0.717) is 11.9 Å². The molecule has 21 heavy (non-hydrogen) atoms. The summed E-state index contributed by atoms with van der Waals surface area (Å²) < 4.78 is 6.03. The zero-order valence-electron chi connectivity index (χ0n) is 12.2. The highest BCUT2D eigenvalue weighted by molar-refractivity contribution is 5.73. The summed E-state index contributed by atoms with van der Waals surface area (Å²) in [5, 5.41) is 0. The lowest BCUT2D eigenvalue weighted by atomic mass is 9.86. The summed E-state index contributed by atoms with van der Waals surface area (Å²) in [5.41, 5.74) is 2.29. The topological polar surface area (TPSA) is 38.2 Å². The molecular weight excluding hydrogens is 262 g/mol. The first-order chi connectivity index (χ1) is 10.4. The van der Waals surface area contributed by atoms with Crippen LogP contribution in [0.5, 0.6) is 6.01 Å². The fraction of sp³-hybridized carbons (Fsp3) is 0.529. The van der Waals surface area contributed by atoms with E-state index in [-0.39, 0.29) is 6.10 Å². The number of allylic oxidation sites excluding steroid dienone is 4. The van der Waals surface area contributed by atoms with Gasteiger partial charge in [-0.25, -0.2) is 9.97 Å². The molecule has 110 valence electrons. The average Bonchev–Trinajstić information content (AvgIpc) is 2.57. The van der Waals surface area contributed by atoms with Gasteiger partial charge in [0.1, 0.15) is 6.10 Å². The van der Waals surface area contributed by atoms with Crippen LogP contribution in [0.15, 0.2) is 30.6 Å². The highest BCUT2D eigenvalue weighted by Crippen LogP contribution is 2.30. The second-order valence-corrected chi connectivity index (χ2v) is 6.19. The van der Waals surface area contributed by atoms with Gasteiger partial charge in [-0.15, -0.1) is 0 Å². The summed E-state index contributed by atoms with van der Waals surface area (Å²) in [4.78, 5) is 11.3. The molecule has 0 unspecified atom stereocenters. The van der Waals surface area contributed by atoms with Crippen LogP contribution in [-0.4, -0.2) is 40.6 Å². The molecule has 4 nitrogen and oxygen atoms in total. The Bertz CT molecular complexity index is 556. The molecule has 2 bridgehead atoms. The van der Waals surface area contributed by atoms with Gasteiger partial charge in [-0.05, 0) is 50.3 Å². The van der Waals surface area contributed by atoms with Crippen LogP contribution in [0.4, 0.5) is 0 Å². The molecule has 0 aromatic carbocycles. The van der Waals surface area contributed by atoms with Crippen molar-refractivity contribution in [1.82, 2.24) is 14.9 Å². The Morgan fingerprint density at radius 3 is 2.52 bits per heavy atom. The van der Waals surface area contributed by atoms with E-state index in [0.717, 1.165) is 24.9 Å². The highest BCUT2D eigenvalue weighted by atomic mass is 16.5. The third-order valence-corrected chi connectivity index (χ3v) is 4.81. The van der Waals surface area contributed by atoms with Crippen LogP contribution in [0.2, 0.25) is 0 Å². The lowest BCUT2D eigenvalue weighted by molar-refractivity contribution is -0.0123.